The molecule has 8 nitrogen and oxygen atoms in total. The lowest BCUT2D eigenvalue weighted by molar-refractivity contribution is -0.128. The van der Waals surface area contributed by atoms with Crippen LogP contribution in [-0.4, -0.2) is 43.9 Å². The Hall–Kier alpha value is -2.82. The van der Waals surface area contributed by atoms with E-state index in [0.717, 1.165) is 20.4 Å². The maximum Gasteiger partial charge on any atom is 0.262 e. The number of rotatable bonds is 11. The van der Waals surface area contributed by atoms with Gasteiger partial charge in [0.2, 0.25) is 5.91 Å². The second kappa shape index (κ2) is 13.0. The highest BCUT2D eigenvalue weighted by Crippen LogP contribution is 2.34. The van der Waals surface area contributed by atoms with Crippen LogP contribution in [0.2, 0.25) is 0 Å². The highest BCUT2D eigenvalue weighted by atomic mass is 127. The Morgan fingerprint density at radius 1 is 1.15 bits per heavy atom. The van der Waals surface area contributed by atoms with E-state index in [1.807, 2.05) is 39.0 Å². The third-order valence-electron chi connectivity index (χ3n) is 4.37. The Kier molecular flexibility index (Phi) is 10.4. The van der Waals surface area contributed by atoms with E-state index in [2.05, 4.69) is 38.4 Å². The molecule has 0 aliphatic rings. The predicted molar refractivity (Wildman–Crippen MR) is 136 cm³/mol. The van der Waals surface area contributed by atoms with Gasteiger partial charge in [0.05, 0.1) is 36.0 Å². The molecule has 0 spiro atoms. The van der Waals surface area contributed by atoms with E-state index >= 15 is 0 Å². The monoisotopic (exact) mass is 567 g/mol. The van der Waals surface area contributed by atoms with Gasteiger partial charge < -0.3 is 19.5 Å². The summed E-state index contributed by atoms with van der Waals surface area (Å²) < 4.78 is 17.5. The number of hydrazone groups is 1. The summed E-state index contributed by atoms with van der Waals surface area (Å²) >= 11 is 2.18. The quantitative estimate of drug-likeness (QED) is 0.245. The first kappa shape index (κ1) is 26.4. The van der Waals surface area contributed by atoms with Crippen LogP contribution in [0.1, 0.15) is 38.8 Å². The highest BCUT2D eigenvalue weighted by Gasteiger charge is 2.16. The van der Waals surface area contributed by atoms with Gasteiger partial charge in [0.25, 0.3) is 5.91 Å². The van der Waals surface area contributed by atoms with Crippen molar-refractivity contribution in [2.24, 2.45) is 5.10 Å². The molecule has 9 heteroatoms. The Morgan fingerprint density at radius 3 is 2.45 bits per heavy atom. The first-order chi connectivity index (χ1) is 15.7. The van der Waals surface area contributed by atoms with Crippen molar-refractivity contribution in [3.63, 3.8) is 0 Å². The van der Waals surface area contributed by atoms with Crippen molar-refractivity contribution in [1.82, 2.24) is 10.7 Å². The topological polar surface area (TPSA) is 98.2 Å². The average molecular weight is 567 g/mol. The van der Waals surface area contributed by atoms with Gasteiger partial charge in [-0.1, -0.05) is 12.1 Å². The Bertz CT molecular complexity index is 977. The van der Waals surface area contributed by atoms with E-state index in [1.165, 1.54) is 6.21 Å². The average Bonchev–Trinajstić information content (AvgIpc) is 2.76. The number of nitrogens with zero attached hydrogens (tertiary/aromatic N) is 1. The zero-order valence-electron chi connectivity index (χ0n) is 19.5. The summed E-state index contributed by atoms with van der Waals surface area (Å²) in [6, 6.07) is 10.1. The molecule has 2 aromatic carbocycles. The molecular weight excluding hydrogens is 537 g/mol. The Labute approximate surface area is 208 Å². The van der Waals surface area contributed by atoms with E-state index in [0.29, 0.717) is 18.1 Å². The van der Waals surface area contributed by atoms with E-state index in [9.17, 15) is 9.59 Å². The smallest absolute Gasteiger partial charge is 0.262 e. The molecule has 0 heterocycles. The fourth-order valence-electron chi connectivity index (χ4n) is 2.83. The Morgan fingerprint density at radius 2 is 1.85 bits per heavy atom. The summed E-state index contributed by atoms with van der Waals surface area (Å²) in [4.78, 5) is 24.5. The number of halogens is 1. The fraction of sp³-hybridized carbons (Fsp3) is 0.375. The van der Waals surface area contributed by atoms with Crippen LogP contribution in [-0.2, 0) is 16.0 Å². The molecule has 1 atom stereocenters. The molecule has 0 saturated carbocycles. The van der Waals surface area contributed by atoms with E-state index in [4.69, 9.17) is 14.2 Å². The molecular formula is C24H30IN3O5. The van der Waals surface area contributed by atoms with Crippen LogP contribution in [0.4, 0.5) is 0 Å². The van der Waals surface area contributed by atoms with Gasteiger partial charge in [0.15, 0.2) is 11.5 Å². The van der Waals surface area contributed by atoms with E-state index < -0.39 is 11.9 Å². The molecule has 178 valence electrons. The lowest BCUT2D eigenvalue weighted by atomic mass is 10.1. The van der Waals surface area contributed by atoms with Crippen LogP contribution in [0.25, 0.3) is 0 Å². The normalized spacial score (nSPS) is 11.8. The highest BCUT2D eigenvalue weighted by molar-refractivity contribution is 14.1. The van der Waals surface area contributed by atoms with E-state index in [-0.39, 0.29) is 18.4 Å². The predicted octanol–water partition coefficient (Wildman–Crippen LogP) is 3.68. The van der Waals surface area contributed by atoms with Crippen LogP contribution in [0, 0.1) is 3.57 Å². The molecule has 0 radical (unpaired) electrons. The molecule has 0 aromatic heterocycles. The first-order valence-electron chi connectivity index (χ1n) is 10.6. The summed E-state index contributed by atoms with van der Waals surface area (Å²) in [6.45, 7) is 7.90. The molecule has 2 rings (SSSR count). The third kappa shape index (κ3) is 8.56. The van der Waals surface area contributed by atoms with Crippen molar-refractivity contribution < 1.29 is 23.8 Å². The second-order valence-corrected chi connectivity index (χ2v) is 8.64. The molecule has 1 unspecified atom stereocenters. The van der Waals surface area contributed by atoms with Gasteiger partial charge in [-0.15, -0.1) is 0 Å². The minimum Gasteiger partial charge on any atom is -0.497 e. The molecule has 0 saturated heterocycles. The molecule has 2 N–H and O–H groups in total. The van der Waals surface area contributed by atoms with Crippen LogP contribution in [0.3, 0.4) is 0 Å². The van der Waals surface area contributed by atoms with Crippen LogP contribution in [0.15, 0.2) is 41.5 Å². The van der Waals surface area contributed by atoms with Crippen LogP contribution >= 0.6 is 22.6 Å². The van der Waals surface area contributed by atoms with Crippen LogP contribution in [0.5, 0.6) is 17.2 Å². The van der Waals surface area contributed by atoms with Gasteiger partial charge in [0.1, 0.15) is 11.8 Å². The number of carbonyl (C=O) groups excluding carboxylic acids is 2. The summed E-state index contributed by atoms with van der Waals surface area (Å²) in [6.07, 6.45) is 1.69. The van der Waals surface area contributed by atoms with Gasteiger partial charge >= 0.3 is 0 Å². The van der Waals surface area contributed by atoms with Gasteiger partial charge in [-0.2, -0.15) is 5.10 Å². The third-order valence-corrected chi connectivity index (χ3v) is 5.17. The molecule has 0 aliphatic carbocycles. The van der Waals surface area contributed by atoms with Crippen molar-refractivity contribution in [2.45, 2.75) is 46.3 Å². The lowest BCUT2D eigenvalue weighted by Crippen LogP contribution is -2.43. The molecule has 0 bridgehead atoms. The van der Waals surface area contributed by atoms with Gasteiger partial charge in [-0.05, 0) is 85.7 Å². The standard InChI is InChI=1S/C24H30IN3O5/c1-6-32-21-12-18(11-20(25)23(21)33-15(2)3)14-26-28-24(30)16(4)27-22(29)13-17-7-9-19(31-5)10-8-17/h7-12,14-16H,6,13H2,1-5H3,(H,27,29)(H,28,30). The van der Waals surface area contributed by atoms with Gasteiger partial charge in [-0.3, -0.25) is 9.59 Å². The number of hydrogen-bond donors (Lipinski definition) is 2. The maximum absolute atomic E-state index is 12.3. The molecule has 0 fully saturated rings. The SMILES string of the molecule is CCOc1cc(C=NNC(=O)C(C)NC(=O)Cc2ccc(OC)cc2)cc(I)c1OC(C)C. The summed E-state index contributed by atoms with van der Waals surface area (Å²) in [5.41, 5.74) is 4.03. The number of nitrogens with one attached hydrogen (secondary N) is 2. The second-order valence-electron chi connectivity index (χ2n) is 7.48. The van der Waals surface area contributed by atoms with Gasteiger partial charge in [0, 0.05) is 0 Å². The largest absolute Gasteiger partial charge is 0.497 e. The summed E-state index contributed by atoms with van der Waals surface area (Å²) in [5, 5.41) is 6.69. The van der Waals surface area contributed by atoms with Crippen LogP contribution < -0.4 is 25.0 Å². The van der Waals surface area contributed by atoms with Gasteiger partial charge in [-0.25, -0.2) is 5.43 Å². The number of benzene rings is 2. The summed E-state index contributed by atoms with van der Waals surface area (Å²) in [7, 11) is 1.58. The number of hydrogen-bond acceptors (Lipinski definition) is 6. The number of amides is 2. The number of methoxy groups -OCH3 is 1. The maximum atomic E-state index is 12.3. The summed E-state index contributed by atoms with van der Waals surface area (Å²) in [5.74, 6) is 1.33. The number of carbonyl (C=O) groups is 2. The zero-order valence-corrected chi connectivity index (χ0v) is 21.6. The van der Waals surface area contributed by atoms with Crippen molar-refractivity contribution in [1.29, 1.82) is 0 Å². The molecule has 2 amide bonds. The molecule has 2 aromatic rings. The molecule has 33 heavy (non-hydrogen) atoms. The minimum atomic E-state index is -0.742. The zero-order chi connectivity index (χ0) is 24.4. The van der Waals surface area contributed by atoms with Crippen molar-refractivity contribution in [2.75, 3.05) is 13.7 Å². The molecule has 0 aliphatic heterocycles. The first-order valence-corrected chi connectivity index (χ1v) is 11.7. The van der Waals surface area contributed by atoms with Crippen molar-refractivity contribution in [3.8, 4) is 17.2 Å². The van der Waals surface area contributed by atoms with E-state index in [1.54, 1.807) is 32.2 Å². The number of ether oxygens (including phenoxy) is 3. The Balaban J connectivity index is 1.94. The minimum absolute atomic E-state index is 0.0120. The lowest BCUT2D eigenvalue weighted by Gasteiger charge is -2.16. The fourth-order valence-corrected chi connectivity index (χ4v) is 3.58. The van der Waals surface area contributed by atoms with Crippen molar-refractivity contribution >= 4 is 40.6 Å². The van der Waals surface area contributed by atoms with Crippen molar-refractivity contribution in [3.05, 3.63) is 51.1 Å².